The summed E-state index contributed by atoms with van der Waals surface area (Å²) < 4.78 is 0. The van der Waals surface area contributed by atoms with Crippen LogP contribution in [-0.4, -0.2) is 48.1 Å². The van der Waals surface area contributed by atoms with E-state index in [2.05, 4.69) is 26.8 Å². The lowest BCUT2D eigenvalue weighted by Gasteiger charge is -2.33. The number of aryl methyl sites for hydroxylation is 2. The van der Waals surface area contributed by atoms with Crippen LogP contribution >= 0.6 is 23.7 Å². The number of halogens is 1. The summed E-state index contributed by atoms with van der Waals surface area (Å²) in [6.07, 6.45) is 5.48. The average molecular weight is 311 g/mol. The van der Waals surface area contributed by atoms with Gasteiger partial charge in [-0.3, -0.25) is 0 Å². The first-order valence-electron chi connectivity index (χ1n) is 7.01. The minimum atomic E-state index is 0. The first kappa shape index (κ1) is 14.0. The third-order valence-electron chi connectivity index (χ3n) is 4.28. The van der Waals surface area contributed by atoms with Gasteiger partial charge in [0, 0.05) is 31.1 Å². The number of likely N-dealkylation sites (N-methyl/N-ethyl adjacent to an activating group) is 1. The number of hydrogen-bond donors (Lipinski definition) is 0. The van der Waals surface area contributed by atoms with Crippen LogP contribution in [0.3, 0.4) is 0 Å². The third kappa shape index (κ3) is 2.18. The molecule has 20 heavy (non-hydrogen) atoms. The highest BCUT2D eigenvalue weighted by atomic mass is 35.5. The fourth-order valence-electron chi connectivity index (χ4n) is 3.17. The van der Waals surface area contributed by atoms with Crippen molar-refractivity contribution in [3.8, 4) is 0 Å². The van der Waals surface area contributed by atoms with E-state index in [9.17, 15) is 0 Å². The van der Waals surface area contributed by atoms with E-state index in [1.165, 1.54) is 40.9 Å². The van der Waals surface area contributed by atoms with Crippen molar-refractivity contribution >= 4 is 39.8 Å². The molecular weight excluding hydrogens is 292 g/mol. The molecule has 108 valence electrons. The van der Waals surface area contributed by atoms with Gasteiger partial charge in [-0.15, -0.1) is 23.7 Å². The Morgan fingerprint density at radius 3 is 2.70 bits per heavy atom. The number of rotatable bonds is 1. The van der Waals surface area contributed by atoms with E-state index < -0.39 is 0 Å². The van der Waals surface area contributed by atoms with E-state index in [0.717, 1.165) is 26.2 Å². The number of thiophene rings is 1. The Morgan fingerprint density at radius 1 is 1.10 bits per heavy atom. The maximum atomic E-state index is 4.61. The molecule has 0 unspecified atom stereocenters. The molecule has 0 bridgehead atoms. The number of anilines is 1. The van der Waals surface area contributed by atoms with Crippen LogP contribution < -0.4 is 4.90 Å². The summed E-state index contributed by atoms with van der Waals surface area (Å²) in [6, 6.07) is 0. The zero-order valence-electron chi connectivity index (χ0n) is 11.6. The molecule has 2 aromatic rings. The van der Waals surface area contributed by atoms with Crippen molar-refractivity contribution in [2.75, 3.05) is 38.1 Å². The first-order chi connectivity index (χ1) is 9.33. The Bertz CT molecular complexity index is 619. The fourth-order valence-corrected chi connectivity index (χ4v) is 4.39. The van der Waals surface area contributed by atoms with Crippen LogP contribution in [0.5, 0.6) is 0 Å². The minimum Gasteiger partial charge on any atom is -0.353 e. The molecule has 3 heterocycles. The van der Waals surface area contributed by atoms with Gasteiger partial charge in [0.15, 0.2) is 0 Å². The van der Waals surface area contributed by atoms with Crippen molar-refractivity contribution in [2.45, 2.75) is 19.3 Å². The van der Waals surface area contributed by atoms with Crippen LogP contribution in [0.2, 0.25) is 0 Å². The number of nitrogens with zero attached hydrogens (tertiary/aromatic N) is 4. The van der Waals surface area contributed by atoms with Gasteiger partial charge in [0.1, 0.15) is 17.0 Å². The van der Waals surface area contributed by atoms with Crippen LogP contribution in [-0.2, 0) is 12.8 Å². The molecule has 0 N–H and O–H groups in total. The summed E-state index contributed by atoms with van der Waals surface area (Å²) >= 11 is 1.88. The summed E-state index contributed by atoms with van der Waals surface area (Å²) in [4.78, 5) is 16.7. The van der Waals surface area contributed by atoms with E-state index in [1.54, 1.807) is 11.2 Å². The first-order valence-corrected chi connectivity index (χ1v) is 7.83. The zero-order chi connectivity index (χ0) is 12.8. The standard InChI is InChI=1S/C14H18N4S.ClH/c1-17-5-7-18(8-6-17)13-12-10-3-2-4-11(10)19-14(12)16-9-15-13;/h9H,2-8H2,1H3;1H. The largest absolute Gasteiger partial charge is 0.353 e. The van der Waals surface area contributed by atoms with E-state index in [4.69, 9.17) is 0 Å². The van der Waals surface area contributed by atoms with Gasteiger partial charge >= 0.3 is 0 Å². The monoisotopic (exact) mass is 310 g/mol. The van der Waals surface area contributed by atoms with Gasteiger partial charge in [-0.2, -0.15) is 0 Å². The summed E-state index contributed by atoms with van der Waals surface area (Å²) in [7, 11) is 2.19. The van der Waals surface area contributed by atoms with Crippen molar-refractivity contribution in [1.29, 1.82) is 0 Å². The van der Waals surface area contributed by atoms with Crippen molar-refractivity contribution in [3.05, 3.63) is 16.8 Å². The lowest BCUT2D eigenvalue weighted by atomic mass is 10.1. The lowest BCUT2D eigenvalue weighted by molar-refractivity contribution is 0.312. The smallest absolute Gasteiger partial charge is 0.141 e. The molecule has 0 spiro atoms. The molecule has 2 aliphatic rings. The van der Waals surface area contributed by atoms with Gasteiger partial charge < -0.3 is 9.80 Å². The Balaban J connectivity index is 0.00000121. The second-order valence-corrected chi connectivity index (χ2v) is 6.61. The average Bonchev–Trinajstić information content (AvgIpc) is 2.99. The predicted molar refractivity (Wildman–Crippen MR) is 86.4 cm³/mol. The van der Waals surface area contributed by atoms with Gasteiger partial charge in [0.25, 0.3) is 0 Å². The van der Waals surface area contributed by atoms with Gasteiger partial charge in [0.2, 0.25) is 0 Å². The lowest BCUT2D eigenvalue weighted by Crippen LogP contribution is -2.44. The minimum absolute atomic E-state index is 0. The van der Waals surface area contributed by atoms with Crippen LogP contribution in [0.25, 0.3) is 10.2 Å². The second-order valence-electron chi connectivity index (χ2n) is 5.53. The molecule has 6 heteroatoms. The molecule has 0 radical (unpaired) electrons. The summed E-state index contributed by atoms with van der Waals surface area (Å²) in [5, 5.41) is 1.35. The Kier molecular flexibility index (Phi) is 3.84. The van der Waals surface area contributed by atoms with Crippen molar-refractivity contribution in [1.82, 2.24) is 14.9 Å². The SMILES string of the molecule is CN1CCN(c2ncnc3sc4c(c23)CCC4)CC1.Cl. The quantitative estimate of drug-likeness (QED) is 0.809. The highest BCUT2D eigenvalue weighted by molar-refractivity contribution is 7.19. The van der Waals surface area contributed by atoms with Crippen molar-refractivity contribution in [3.63, 3.8) is 0 Å². The van der Waals surface area contributed by atoms with Gasteiger partial charge in [-0.05, 0) is 31.9 Å². The molecule has 0 atom stereocenters. The number of piperazine rings is 1. The van der Waals surface area contributed by atoms with Crippen molar-refractivity contribution < 1.29 is 0 Å². The number of fused-ring (bicyclic) bond motifs is 3. The highest BCUT2D eigenvalue weighted by Gasteiger charge is 2.24. The number of aromatic nitrogens is 2. The normalized spacial score (nSPS) is 19.1. The topological polar surface area (TPSA) is 32.3 Å². The Labute approximate surface area is 129 Å². The maximum Gasteiger partial charge on any atom is 0.141 e. The molecule has 0 amide bonds. The summed E-state index contributed by atoms with van der Waals surface area (Å²) in [5.41, 5.74) is 1.54. The third-order valence-corrected chi connectivity index (χ3v) is 5.48. The second kappa shape index (κ2) is 5.47. The molecule has 2 aromatic heterocycles. The molecule has 4 rings (SSSR count). The van der Waals surface area contributed by atoms with Crippen LogP contribution in [0.1, 0.15) is 16.9 Å². The Morgan fingerprint density at radius 2 is 1.90 bits per heavy atom. The molecule has 0 saturated carbocycles. The van der Waals surface area contributed by atoms with Gasteiger partial charge in [-0.25, -0.2) is 9.97 Å². The van der Waals surface area contributed by atoms with Crippen LogP contribution in [0.4, 0.5) is 5.82 Å². The molecule has 0 aromatic carbocycles. The van der Waals surface area contributed by atoms with Crippen LogP contribution in [0.15, 0.2) is 6.33 Å². The van der Waals surface area contributed by atoms with Crippen LogP contribution in [0, 0.1) is 0 Å². The molecule has 1 aliphatic heterocycles. The van der Waals surface area contributed by atoms with E-state index in [-0.39, 0.29) is 12.4 Å². The highest BCUT2D eigenvalue weighted by Crippen LogP contribution is 2.40. The van der Waals surface area contributed by atoms with Gasteiger partial charge in [0.05, 0.1) is 5.39 Å². The molecular formula is C14H19ClN4S. The van der Waals surface area contributed by atoms with E-state index in [1.807, 2.05) is 11.3 Å². The zero-order valence-corrected chi connectivity index (χ0v) is 13.3. The molecule has 4 nitrogen and oxygen atoms in total. The van der Waals surface area contributed by atoms with E-state index >= 15 is 0 Å². The summed E-state index contributed by atoms with van der Waals surface area (Å²) in [5.74, 6) is 1.18. The fraction of sp³-hybridized carbons (Fsp3) is 0.571. The number of hydrogen-bond acceptors (Lipinski definition) is 5. The van der Waals surface area contributed by atoms with Crippen molar-refractivity contribution in [2.24, 2.45) is 0 Å². The molecule has 1 fully saturated rings. The molecule has 1 aliphatic carbocycles. The predicted octanol–water partition coefficient (Wildman–Crippen LogP) is 2.35. The van der Waals surface area contributed by atoms with Gasteiger partial charge in [-0.1, -0.05) is 0 Å². The molecule has 1 saturated heterocycles. The Hall–Kier alpha value is -0.910. The maximum absolute atomic E-state index is 4.61. The summed E-state index contributed by atoms with van der Waals surface area (Å²) in [6.45, 7) is 4.40. The van der Waals surface area contributed by atoms with E-state index in [0.29, 0.717) is 0 Å².